The number of esters is 2. The minimum atomic E-state index is -3.38. The summed E-state index contributed by atoms with van der Waals surface area (Å²) in [6.07, 6.45) is -10.3. The maximum absolute atomic E-state index is 15.4. The molecule has 0 aromatic heterocycles. The van der Waals surface area contributed by atoms with Crippen LogP contribution in [-0.4, -0.2) is 203 Å². The molecule has 0 aromatic rings. The van der Waals surface area contributed by atoms with Gasteiger partial charge < -0.3 is 67.5 Å². The Kier molecular flexibility index (Phi) is 23.7. The Morgan fingerprint density at radius 1 is 0.831 bits per heavy atom. The van der Waals surface area contributed by atoms with Crippen molar-refractivity contribution in [2.45, 2.75) is 238 Å². The highest BCUT2D eigenvalue weighted by Gasteiger charge is 2.52. The van der Waals surface area contributed by atoms with Crippen LogP contribution in [0.25, 0.3) is 0 Å². The molecule has 0 bridgehead atoms. The maximum atomic E-state index is 15.4. The fourth-order valence-corrected chi connectivity index (χ4v) is 13.1. The van der Waals surface area contributed by atoms with Crippen LogP contribution in [-0.2, 0) is 76.6 Å². The lowest BCUT2D eigenvalue weighted by Crippen LogP contribution is -2.59. The fraction of sp³-hybridized carbons (Fsp3) is 0.926. The highest BCUT2D eigenvalue weighted by Crippen LogP contribution is 2.40. The SMILES string of the molecule is CO/N=C1\C[C@@H](C)O[C@@H](O[C@@H]2[C@@H](C)[C@H](O[C@H]3CC(C)N(C4CC(NS(C)(=O)=O)C4)C[C@H](C)O3)[C@@H](C)C(=O)O[C@H]([C@@H](C)CO[C@@H]3O[C@H](C)[C@@H](O)[C@@H](OC)[C@H]3OC)[C@H](C)[C@@H](OC(=O)CC(C)C)[C@@H](C)C(=O)[C@@](C)(O)C[C@@H]2C)[C@@H]1O. The van der Waals surface area contributed by atoms with Crippen molar-refractivity contribution >= 4 is 33.5 Å². The van der Waals surface area contributed by atoms with E-state index in [9.17, 15) is 33.3 Å². The van der Waals surface area contributed by atoms with Crippen molar-refractivity contribution in [2.75, 3.05) is 40.7 Å². The average Bonchev–Trinajstić information content (AvgIpc) is 3.46. The summed E-state index contributed by atoms with van der Waals surface area (Å²) in [7, 11) is 0.890. The van der Waals surface area contributed by atoms with Crippen molar-refractivity contribution < 1.29 is 90.3 Å². The molecular weight excluding hydrogens is 1030 g/mol. The number of hydrogen-bond donors (Lipinski definition) is 4. The van der Waals surface area contributed by atoms with Gasteiger partial charge >= 0.3 is 11.9 Å². The highest BCUT2D eigenvalue weighted by molar-refractivity contribution is 7.88. The molecule has 1 saturated carbocycles. The van der Waals surface area contributed by atoms with Crippen molar-refractivity contribution in [1.82, 2.24) is 9.62 Å². The second-order valence-electron chi connectivity index (χ2n) is 23.8. The van der Waals surface area contributed by atoms with Crippen LogP contribution in [0, 0.1) is 41.4 Å². The minimum Gasteiger partial charge on any atom is -0.461 e. The first-order chi connectivity index (χ1) is 35.9. The summed E-state index contributed by atoms with van der Waals surface area (Å²) in [6.45, 7) is 23.5. The van der Waals surface area contributed by atoms with Gasteiger partial charge in [0.05, 0.1) is 60.9 Å². The van der Waals surface area contributed by atoms with E-state index < -0.39 is 149 Å². The lowest BCUT2D eigenvalue weighted by molar-refractivity contribution is -0.305. The van der Waals surface area contributed by atoms with Gasteiger partial charge in [-0.05, 0) is 72.6 Å². The van der Waals surface area contributed by atoms with Crippen LogP contribution in [0.5, 0.6) is 0 Å². The van der Waals surface area contributed by atoms with Gasteiger partial charge in [-0.15, -0.1) is 0 Å². The van der Waals surface area contributed by atoms with Gasteiger partial charge in [-0.25, -0.2) is 13.1 Å². The molecule has 0 aromatic carbocycles. The predicted molar refractivity (Wildman–Crippen MR) is 281 cm³/mol. The number of sulfonamides is 1. The fourth-order valence-electron chi connectivity index (χ4n) is 12.3. The Hall–Kier alpha value is -2.49. The van der Waals surface area contributed by atoms with Gasteiger partial charge in [0.2, 0.25) is 10.0 Å². The van der Waals surface area contributed by atoms with E-state index in [1.54, 1.807) is 48.5 Å². The Bertz CT molecular complexity index is 2060. The van der Waals surface area contributed by atoms with Gasteiger partial charge in [0.25, 0.3) is 0 Å². The zero-order valence-electron chi connectivity index (χ0n) is 48.7. The number of carbonyl (C=O) groups excluding carboxylic acids is 3. The zero-order chi connectivity index (χ0) is 57.6. The second kappa shape index (κ2) is 28.0. The molecule has 5 rings (SSSR count). The van der Waals surface area contributed by atoms with Crippen molar-refractivity contribution in [3.8, 4) is 0 Å². The molecule has 1 unspecified atom stereocenters. The van der Waals surface area contributed by atoms with Crippen LogP contribution in [0.15, 0.2) is 5.16 Å². The van der Waals surface area contributed by atoms with Crippen LogP contribution in [0.2, 0.25) is 0 Å². The van der Waals surface area contributed by atoms with Gasteiger partial charge in [-0.3, -0.25) is 19.3 Å². The van der Waals surface area contributed by atoms with Crippen LogP contribution in [0.4, 0.5) is 0 Å². The van der Waals surface area contributed by atoms with Crippen LogP contribution >= 0.6 is 0 Å². The smallest absolute Gasteiger partial charge is 0.311 e. The largest absolute Gasteiger partial charge is 0.461 e. The molecule has 22 nitrogen and oxygen atoms in total. The lowest BCUT2D eigenvalue weighted by atomic mass is 9.74. The van der Waals surface area contributed by atoms with Gasteiger partial charge in [-0.2, -0.15) is 0 Å². The normalized spacial score (nSPS) is 43.4. The van der Waals surface area contributed by atoms with E-state index in [-0.39, 0.29) is 61.7 Å². The summed E-state index contributed by atoms with van der Waals surface area (Å²) in [5.74, 6) is -7.27. The number of hydrogen-bond acceptors (Lipinski definition) is 21. The quantitative estimate of drug-likeness (QED) is 0.119. The molecule has 4 saturated heterocycles. The molecule has 4 aliphatic heterocycles. The number of nitrogens with zero attached hydrogens (tertiary/aromatic N) is 2. The van der Waals surface area contributed by atoms with E-state index in [0.717, 1.165) is 6.26 Å². The molecule has 0 amide bonds. The molecule has 4 heterocycles. The summed E-state index contributed by atoms with van der Waals surface area (Å²) in [4.78, 5) is 51.5. The molecule has 23 heteroatoms. The van der Waals surface area contributed by atoms with Gasteiger partial charge in [0, 0.05) is 75.9 Å². The van der Waals surface area contributed by atoms with Crippen molar-refractivity contribution in [1.29, 1.82) is 0 Å². The third-order valence-electron chi connectivity index (χ3n) is 16.3. The maximum Gasteiger partial charge on any atom is 0.311 e. The third kappa shape index (κ3) is 16.8. The number of cyclic esters (lactones) is 1. The topological polar surface area (TPSA) is 275 Å². The van der Waals surface area contributed by atoms with E-state index in [1.807, 2.05) is 27.7 Å². The van der Waals surface area contributed by atoms with Crippen molar-refractivity contribution in [3.63, 3.8) is 0 Å². The van der Waals surface area contributed by atoms with Gasteiger partial charge in [0.15, 0.2) is 24.7 Å². The van der Waals surface area contributed by atoms with Gasteiger partial charge in [-0.1, -0.05) is 53.6 Å². The Morgan fingerprint density at radius 2 is 1.48 bits per heavy atom. The molecule has 5 fully saturated rings. The van der Waals surface area contributed by atoms with Gasteiger partial charge in [0.1, 0.15) is 49.3 Å². The number of Topliss-reactive ketones (excluding diaryl/α,β-unsaturated/α-hetero) is 1. The summed E-state index contributed by atoms with van der Waals surface area (Å²) in [6, 6.07) is -0.200. The Labute approximate surface area is 457 Å². The first-order valence-corrected chi connectivity index (χ1v) is 29.6. The molecule has 77 heavy (non-hydrogen) atoms. The van der Waals surface area contributed by atoms with Crippen LogP contribution < -0.4 is 4.72 Å². The van der Waals surface area contributed by atoms with E-state index in [0.29, 0.717) is 25.8 Å². The standard InChI is InChI=1S/C54H95N3O19S/c1-26(2)18-40(58)73-46-33(9)45(28(4)25-69-53-49(67-15)48(66-14)42(59)36(12)72-53)75-51(62)35(11)47(74-41-19-29(5)57(24-31(7)70-41)38-21-37(22-38)56-77(17,64)65)32(8)44(27(3)23-54(13,63)50(61)34(46)10)76-52-43(60)39(55-68-16)20-30(6)71-52/h26-38,41-49,52-53,56,59-60,63H,18-25H2,1-17H3/b55-39+/t27-,28-,29?,30+,31-,32+,33-,34+,35+,36+,37?,38?,41-,42+,43+,44-,45+,46+,47-,48+,49+,52-,53+,54-/m0/s1. The molecular formula is C54H95N3O19S. The van der Waals surface area contributed by atoms with Crippen LogP contribution in [0.1, 0.15) is 129 Å². The first-order valence-electron chi connectivity index (χ1n) is 27.7. The number of aliphatic hydroxyl groups excluding tert-OH is 2. The highest BCUT2D eigenvalue weighted by atomic mass is 32.2. The number of oxime groups is 1. The zero-order valence-corrected chi connectivity index (χ0v) is 49.5. The summed E-state index contributed by atoms with van der Waals surface area (Å²) in [5, 5.41) is 39.1. The number of aliphatic hydroxyl groups is 3. The van der Waals surface area contributed by atoms with Crippen LogP contribution in [0.3, 0.4) is 0 Å². The first kappa shape index (κ1) is 65.3. The summed E-state index contributed by atoms with van der Waals surface area (Å²) < 4.78 is 90.4. The molecule has 0 spiro atoms. The molecule has 4 N–H and O–H groups in total. The number of nitrogens with one attached hydrogen (secondary N) is 1. The Balaban J connectivity index is 1.60. The lowest BCUT2D eigenvalue weighted by Gasteiger charge is -2.45. The van der Waals surface area contributed by atoms with E-state index in [4.69, 9.17) is 52.2 Å². The second-order valence-corrected chi connectivity index (χ2v) is 25.6. The monoisotopic (exact) mass is 1120 g/mol. The number of rotatable bonds is 17. The average molecular weight is 1120 g/mol. The Morgan fingerprint density at radius 3 is 2.08 bits per heavy atom. The number of ketones is 1. The number of methoxy groups -OCH3 is 2. The summed E-state index contributed by atoms with van der Waals surface area (Å²) in [5.41, 5.74) is -1.77. The number of ether oxygens (including phenoxy) is 10. The van der Waals surface area contributed by atoms with E-state index in [2.05, 4.69) is 21.7 Å². The summed E-state index contributed by atoms with van der Waals surface area (Å²) >= 11 is 0. The molecule has 5 aliphatic rings. The van der Waals surface area contributed by atoms with E-state index >= 15 is 4.79 Å². The molecule has 446 valence electrons. The van der Waals surface area contributed by atoms with Crippen molar-refractivity contribution in [2.24, 2.45) is 46.6 Å². The molecule has 0 radical (unpaired) electrons. The third-order valence-corrected chi connectivity index (χ3v) is 17.1. The minimum absolute atomic E-state index is 0.0278. The van der Waals surface area contributed by atoms with Crippen molar-refractivity contribution in [3.05, 3.63) is 0 Å². The molecule has 1 aliphatic carbocycles. The number of carbonyl (C=O) groups is 3. The van der Waals surface area contributed by atoms with E-state index in [1.165, 1.54) is 28.3 Å². The predicted octanol–water partition coefficient (Wildman–Crippen LogP) is 3.72. The molecule has 22 atom stereocenters.